The molecule has 0 unspecified atom stereocenters. The van der Waals surface area contributed by atoms with Gasteiger partial charge in [-0.1, -0.05) is 24.2 Å². The van der Waals surface area contributed by atoms with Crippen molar-refractivity contribution < 1.29 is 4.74 Å². The Labute approximate surface area is 108 Å². The molecule has 1 N–H and O–H groups in total. The predicted octanol–water partition coefficient (Wildman–Crippen LogP) is 3.55. The predicted molar refractivity (Wildman–Crippen MR) is 71.6 cm³/mol. The lowest BCUT2D eigenvalue weighted by Crippen LogP contribution is -2.16. The summed E-state index contributed by atoms with van der Waals surface area (Å²) in [5.74, 6) is 0.855. The van der Waals surface area contributed by atoms with Crippen LogP contribution in [-0.2, 0) is 6.54 Å². The minimum Gasteiger partial charge on any atom is -0.489 e. The van der Waals surface area contributed by atoms with Crippen molar-refractivity contribution in [1.29, 1.82) is 0 Å². The van der Waals surface area contributed by atoms with Gasteiger partial charge in [0.1, 0.15) is 12.4 Å². The Morgan fingerprint density at radius 1 is 1.53 bits per heavy atom. The molecular weight excluding hydrogens is 234 g/mol. The van der Waals surface area contributed by atoms with Crippen molar-refractivity contribution in [2.24, 2.45) is 0 Å². The molecule has 1 saturated carbocycles. The molecule has 0 aromatic heterocycles. The Morgan fingerprint density at radius 2 is 2.29 bits per heavy atom. The SMILES string of the molecule is C=C(C)COc1cccc(Cl)c1CNC1CC1. The number of halogens is 1. The standard InChI is InChI=1S/C14H18ClNO/c1-10(2)9-17-14-5-3-4-13(15)12(14)8-16-11-6-7-11/h3-5,11,16H,1,6-9H2,2H3. The highest BCUT2D eigenvalue weighted by molar-refractivity contribution is 6.31. The van der Waals surface area contributed by atoms with Gasteiger partial charge in [-0.3, -0.25) is 0 Å². The molecule has 3 heteroatoms. The number of hydrogen-bond donors (Lipinski definition) is 1. The first-order chi connectivity index (χ1) is 8.16. The van der Waals surface area contributed by atoms with Crippen molar-refractivity contribution in [2.75, 3.05) is 6.61 Å². The molecule has 1 aliphatic rings. The molecule has 1 fully saturated rings. The van der Waals surface area contributed by atoms with E-state index in [9.17, 15) is 0 Å². The first-order valence-electron chi connectivity index (χ1n) is 5.95. The number of ether oxygens (including phenoxy) is 1. The summed E-state index contributed by atoms with van der Waals surface area (Å²) in [6, 6.07) is 6.44. The van der Waals surface area contributed by atoms with Gasteiger partial charge in [0.05, 0.1) is 0 Å². The fraction of sp³-hybridized carbons (Fsp3) is 0.429. The molecule has 17 heavy (non-hydrogen) atoms. The van der Waals surface area contributed by atoms with E-state index in [1.165, 1.54) is 12.8 Å². The molecule has 0 heterocycles. The van der Waals surface area contributed by atoms with Gasteiger partial charge in [-0.05, 0) is 37.5 Å². The average molecular weight is 252 g/mol. The van der Waals surface area contributed by atoms with E-state index in [2.05, 4.69) is 11.9 Å². The minimum absolute atomic E-state index is 0.538. The molecule has 0 radical (unpaired) electrons. The Hall–Kier alpha value is -0.990. The van der Waals surface area contributed by atoms with Gasteiger partial charge in [0.25, 0.3) is 0 Å². The third-order valence-electron chi connectivity index (χ3n) is 2.69. The molecule has 0 aliphatic heterocycles. The van der Waals surface area contributed by atoms with Crippen molar-refractivity contribution in [3.63, 3.8) is 0 Å². The molecule has 1 aromatic carbocycles. The average Bonchev–Trinajstić information content (AvgIpc) is 3.08. The van der Waals surface area contributed by atoms with Crippen LogP contribution in [0.2, 0.25) is 5.02 Å². The lowest BCUT2D eigenvalue weighted by atomic mass is 10.2. The second kappa shape index (κ2) is 5.56. The molecule has 0 bridgehead atoms. The molecule has 0 spiro atoms. The van der Waals surface area contributed by atoms with Crippen LogP contribution in [-0.4, -0.2) is 12.6 Å². The van der Waals surface area contributed by atoms with Gasteiger partial charge in [0.2, 0.25) is 0 Å². The van der Waals surface area contributed by atoms with E-state index in [0.29, 0.717) is 12.6 Å². The summed E-state index contributed by atoms with van der Waals surface area (Å²) in [7, 11) is 0. The van der Waals surface area contributed by atoms with Crippen molar-refractivity contribution in [3.05, 3.63) is 40.9 Å². The maximum Gasteiger partial charge on any atom is 0.125 e. The summed E-state index contributed by atoms with van der Waals surface area (Å²) < 4.78 is 5.71. The number of nitrogens with one attached hydrogen (secondary N) is 1. The van der Waals surface area contributed by atoms with E-state index < -0.39 is 0 Å². The molecule has 2 rings (SSSR count). The number of benzene rings is 1. The zero-order valence-corrected chi connectivity index (χ0v) is 10.9. The monoisotopic (exact) mass is 251 g/mol. The smallest absolute Gasteiger partial charge is 0.125 e. The summed E-state index contributed by atoms with van der Waals surface area (Å²) in [6.45, 7) is 7.10. The van der Waals surface area contributed by atoms with Gasteiger partial charge < -0.3 is 10.1 Å². The van der Waals surface area contributed by atoms with Crippen molar-refractivity contribution in [1.82, 2.24) is 5.32 Å². The second-order valence-corrected chi connectivity index (χ2v) is 5.02. The van der Waals surface area contributed by atoms with Gasteiger partial charge in [0, 0.05) is 23.2 Å². The van der Waals surface area contributed by atoms with Crippen LogP contribution in [0, 0.1) is 0 Å². The largest absolute Gasteiger partial charge is 0.489 e. The Balaban J connectivity index is 2.05. The molecule has 0 amide bonds. The van der Waals surface area contributed by atoms with Crippen LogP contribution >= 0.6 is 11.6 Å². The molecule has 2 nitrogen and oxygen atoms in total. The second-order valence-electron chi connectivity index (χ2n) is 4.62. The van der Waals surface area contributed by atoms with Crippen molar-refractivity contribution in [2.45, 2.75) is 32.4 Å². The summed E-state index contributed by atoms with van der Waals surface area (Å²) in [5.41, 5.74) is 2.05. The maximum atomic E-state index is 6.21. The van der Waals surface area contributed by atoms with E-state index in [-0.39, 0.29) is 0 Å². The van der Waals surface area contributed by atoms with E-state index in [0.717, 1.165) is 28.5 Å². The van der Waals surface area contributed by atoms with Gasteiger partial charge in [-0.25, -0.2) is 0 Å². The quantitative estimate of drug-likeness (QED) is 0.781. The first kappa shape index (κ1) is 12.5. The van der Waals surface area contributed by atoms with Crippen LogP contribution in [0.15, 0.2) is 30.4 Å². The summed E-state index contributed by atoms with van der Waals surface area (Å²) >= 11 is 6.21. The Morgan fingerprint density at radius 3 is 2.94 bits per heavy atom. The molecule has 1 aromatic rings. The van der Waals surface area contributed by atoms with Gasteiger partial charge in [-0.15, -0.1) is 0 Å². The summed E-state index contributed by atoms with van der Waals surface area (Å²) in [6.07, 6.45) is 2.54. The third-order valence-corrected chi connectivity index (χ3v) is 3.05. The highest BCUT2D eigenvalue weighted by atomic mass is 35.5. The minimum atomic E-state index is 0.538. The highest BCUT2D eigenvalue weighted by Crippen LogP contribution is 2.28. The lowest BCUT2D eigenvalue weighted by molar-refractivity contribution is 0.347. The third kappa shape index (κ3) is 3.76. The van der Waals surface area contributed by atoms with Crippen LogP contribution < -0.4 is 10.1 Å². The Kier molecular flexibility index (Phi) is 4.08. The normalized spacial score (nSPS) is 14.7. The van der Waals surface area contributed by atoms with Gasteiger partial charge in [0.15, 0.2) is 0 Å². The van der Waals surface area contributed by atoms with Crippen LogP contribution in [0.1, 0.15) is 25.3 Å². The van der Waals surface area contributed by atoms with E-state index >= 15 is 0 Å². The number of hydrogen-bond acceptors (Lipinski definition) is 2. The van der Waals surface area contributed by atoms with E-state index in [1.54, 1.807) is 0 Å². The topological polar surface area (TPSA) is 21.3 Å². The van der Waals surface area contributed by atoms with Crippen LogP contribution in [0.25, 0.3) is 0 Å². The van der Waals surface area contributed by atoms with E-state index in [4.69, 9.17) is 16.3 Å². The Bertz CT molecular complexity index is 413. The van der Waals surface area contributed by atoms with Crippen LogP contribution in [0.3, 0.4) is 0 Å². The van der Waals surface area contributed by atoms with E-state index in [1.807, 2.05) is 25.1 Å². The summed E-state index contributed by atoms with van der Waals surface area (Å²) in [4.78, 5) is 0. The molecular formula is C14H18ClNO. The summed E-state index contributed by atoms with van der Waals surface area (Å²) in [5, 5.41) is 4.22. The maximum absolute atomic E-state index is 6.21. The molecule has 92 valence electrons. The lowest BCUT2D eigenvalue weighted by Gasteiger charge is -2.13. The van der Waals surface area contributed by atoms with Gasteiger partial charge in [-0.2, -0.15) is 0 Å². The number of rotatable bonds is 6. The van der Waals surface area contributed by atoms with Crippen molar-refractivity contribution in [3.8, 4) is 5.75 Å². The molecule has 0 saturated heterocycles. The van der Waals surface area contributed by atoms with Crippen molar-refractivity contribution >= 4 is 11.6 Å². The van der Waals surface area contributed by atoms with Gasteiger partial charge >= 0.3 is 0 Å². The zero-order chi connectivity index (χ0) is 12.3. The fourth-order valence-electron chi connectivity index (χ4n) is 1.58. The molecule has 0 atom stereocenters. The highest BCUT2D eigenvalue weighted by Gasteiger charge is 2.21. The van der Waals surface area contributed by atoms with Crippen LogP contribution in [0.5, 0.6) is 5.75 Å². The first-order valence-corrected chi connectivity index (χ1v) is 6.32. The molecule has 1 aliphatic carbocycles. The zero-order valence-electron chi connectivity index (χ0n) is 10.1. The van der Waals surface area contributed by atoms with Crippen LogP contribution in [0.4, 0.5) is 0 Å². The fourth-order valence-corrected chi connectivity index (χ4v) is 1.81.